The van der Waals surface area contributed by atoms with Crippen LogP contribution in [0, 0.1) is 5.92 Å². The Hall–Kier alpha value is -2.68. The monoisotopic (exact) mass is 508 g/mol. The molecule has 8 heteroatoms. The van der Waals surface area contributed by atoms with Crippen LogP contribution >= 0.6 is 0 Å². The first-order chi connectivity index (χ1) is 18.2. The van der Waals surface area contributed by atoms with Gasteiger partial charge in [-0.15, -0.1) is 0 Å². The zero-order valence-electron chi connectivity index (χ0n) is 22.0. The molecule has 8 nitrogen and oxygen atoms in total. The second-order valence-corrected chi connectivity index (χ2v) is 10.5. The van der Waals surface area contributed by atoms with Crippen molar-refractivity contribution >= 4 is 16.9 Å². The molecule has 3 aromatic rings. The Kier molecular flexibility index (Phi) is 8.59. The van der Waals surface area contributed by atoms with Crippen LogP contribution < -0.4 is 0 Å². The number of aliphatic hydroxyl groups is 1. The number of amides is 1. The van der Waals surface area contributed by atoms with Crippen molar-refractivity contribution in [1.82, 2.24) is 19.4 Å². The van der Waals surface area contributed by atoms with E-state index in [0.717, 1.165) is 92.8 Å². The molecule has 1 aromatic carbocycles. The average molecular weight is 509 g/mol. The normalized spacial score (nSPS) is 19.3. The van der Waals surface area contributed by atoms with Crippen molar-refractivity contribution in [2.24, 2.45) is 5.92 Å². The van der Waals surface area contributed by atoms with Gasteiger partial charge in [0, 0.05) is 76.1 Å². The maximum atomic E-state index is 13.5. The maximum absolute atomic E-state index is 13.5. The third-order valence-corrected chi connectivity index (χ3v) is 7.74. The van der Waals surface area contributed by atoms with E-state index in [4.69, 9.17) is 9.15 Å². The molecule has 0 spiro atoms. The van der Waals surface area contributed by atoms with Gasteiger partial charge in [0.15, 0.2) is 0 Å². The van der Waals surface area contributed by atoms with Crippen molar-refractivity contribution in [3.63, 3.8) is 0 Å². The van der Waals surface area contributed by atoms with Gasteiger partial charge in [0.25, 0.3) is 5.91 Å². The Morgan fingerprint density at radius 1 is 1.19 bits per heavy atom. The Balaban J connectivity index is 1.10. The van der Waals surface area contributed by atoms with Gasteiger partial charge in [0.05, 0.1) is 18.2 Å². The molecule has 1 N–H and O–H groups in total. The summed E-state index contributed by atoms with van der Waals surface area (Å²) in [6, 6.07) is 7.88. The van der Waals surface area contributed by atoms with E-state index < -0.39 is 0 Å². The highest BCUT2D eigenvalue weighted by atomic mass is 16.5. The van der Waals surface area contributed by atoms with E-state index in [1.54, 1.807) is 0 Å². The number of piperidine rings is 1. The summed E-state index contributed by atoms with van der Waals surface area (Å²) in [5.74, 6) is 2.21. The molecule has 1 atom stereocenters. The largest absolute Gasteiger partial charge is 0.460 e. The summed E-state index contributed by atoms with van der Waals surface area (Å²) in [5.41, 5.74) is 1.55. The Labute approximate surface area is 219 Å². The maximum Gasteiger partial charge on any atom is 0.258 e. The van der Waals surface area contributed by atoms with Crippen molar-refractivity contribution in [3.8, 4) is 0 Å². The van der Waals surface area contributed by atoms with Crippen LogP contribution in [0.3, 0.4) is 0 Å². The minimum absolute atomic E-state index is 0.0902. The van der Waals surface area contributed by atoms with Gasteiger partial charge in [-0.1, -0.05) is 31.5 Å². The molecule has 1 amide bonds. The number of benzene rings is 1. The molecule has 1 fully saturated rings. The predicted molar refractivity (Wildman–Crippen MR) is 142 cm³/mol. The number of furan rings is 1. The molecule has 0 bridgehead atoms. The van der Waals surface area contributed by atoms with E-state index in [-0.39, 0.29) is 24.5 Å². The number of fused-ring (bicyclic) bond motifs is 2. The second-order valence-electron chi connectivity index (χ2n) is 10.5. The number of aryl methyl sites for hydroxylation is 1. The fraction of sp³-hybridized carbons (Fsp3) is 0.586. The second kappa shape index (κ2) is 12.2. The van der Waals surface area contributed by atoms with E-state index in [1.165, 1.54) is 0 Å². The fourth-order valence-electron chi connectivity index (χ4n) is 5.68. The lowest BCUT2D eigenvalue weighted by molar-refractivity contribution is 0.00465. The molecule has 2 aliphatic heterocycles. The van der Waals surface area contributed by atoms with Gasteiger partial charge in [-0.3, -0.25) is 9.69 Å². The summed E-state index contributed by atoms with van der Waals surface area (Å²) >= 11 is 0. The minimum Gasteiger partial charge on any atom is -0.460 e. The lowest BCUT2D eigenvalue weighted by atomic mass is 10.0. The van der Waals surface area contributed by atoms with Gasteiger partial charge in [0.2, 0.25) is 0 Å². The number of hydrogen-bond acceptors (Lipinski definition) is 6. The van der Waals surface area contributed by atoms with Crippen molar-refractivity contribution in [2.75, 3.05) is 39.4 Å². The quantitative estimate of drug-likeness (QED) is 0.415. The number of rotatable bonds is 10. The molecule has 1 unspecified atom stereocenters. The van der Waals surface area contributed by atoms with Crippen molar-refractivity contribution in [2.45, 2.75) is 64.6 Å². The number of carbonyl (C=O) groups is 1. The number of likely N-dealkylation sites (tertiary alicyclic amines) is 1. The smallest absolute Gasteiger partial charge is 0.258 e. The first kappa shape index (κ1) is 25.9. The molecule has 0 aliphatic carbocycles. The molecule has 2 aliphatic rings. The Bertz CT molecular complexity index is 1160. The van der Waals surface area contributed by atoms with Gasteiger partial charge in [-0.25, -0.2) is 4.98 Å². The third kappa shape index (κ3) is 6.08. The number of nitrogens with zero attached hydrogens (tertiary/aromatic N) is 4. The first-order valence-electron chi connectivity index (χ1n) is 13.9. The van der Waals surface area contributed by atoms with E-state index in [2.05, 4.69) is 21.4 Å². The van der Waals surface area contributed by atoms with Crippen molar-refractivity contribution in [3.05, 3.63) is 53.8 Å². The van der Waals surface area contributed by atoms with Gasteiger partial charge < -0.3 is 23.7 Å². The minimum atomic E-state index is 0.0902. The number of ether oxygens (including phenoxy) is 1. The fourth-order valence-corrected chi connectivity index (χ4v) is 5.68. The van der Waals surface area contributed by atoms with Gasteiger partial charge in [-0.05, 0) is 31.7 Å². The van der Waals surface area contributed by atoms with Crippen LogP contribution in [0.1, 0.15) is 61.0 Å². The lowest BCUT2D eigenvalue weighted by Crippen LogP contribution is -2.41. The predicted octanol–water partition coefficient (Wildman–Crippen LogP) is 4.11. The average Bonchev–Trinajstić information content (AvgIpc) is 3.48. The van der Waals surface area contributed by atoms with Gasteiger partial charge >= 0.3 is 0 Å². The van der Waals surface area contributed by atoms with Crippen LogP contribution in [0.2, 0.25) is 0 Å². The Morgan fingerprint density at radius 3 is 2.84 bits per heavy atom. The summed E-state index contributed by atoms with van der Waals surface area (Å²) < 4.78 is 14.5. The summed E-state index contributed by atoms with van der Waals surface area (Å²) in [4.78, 5) is 22.4. The molecule has 4 heterocycles. The van der Waals surface area contributed by atoms with E-state index in [9.17, 15) is 9.90 Å². The van der Waals surface area contributed by atoms with Crippen LogP contribution in [0.25, 0.3) is 11.0 Å². The first-order valence-corrected chi connectivity index (χ1v) is 13.9. The van der Waals surface area contributed by atoms with E-state index in [1.807, 2.05) is 41.6 Å². The number of carbonyl (C=O) groups excluding carboxylic acids is 1. The summed E-state index contributed by atoms with van der Waals surface area (Å²) in [5, 5.41) is 10.7. The van der Waals surface area contributed by atoms with Crippen LogP contribution in [0.4, 0.5) is 0 Å². The highest BCUT2D eigenvalue weighted by molar-refractivity contribution is 6.07. The van der Waals surface area contributed by atoms with Gasteiger partial charge in [0.1, 0.15) is 17.2 Å². The molecule has 5 rings (SSSR count). The number of hydrogen-bond donors (Lipinski definition) is 1. The lowest BCUT2D eigenvalue weighted by Gasteiger charge is -2.32. The zero-order valence-corrected chi connectivity index (χ0v) is 22.0. The Morgan fingerprint density at radius 2 is 2.03 bits per heavy atom. The van der Waals surface area contributed by atoms with Crippen LogP contribution in [-0.4, -0.2) is 75.9 Å². The third-order valence-electron chi connectivity index (χ3n) is 7.74. The zero-order chi connectivity index (χ0) is 25.6. The molecule has 0 radical (unpaired) electrons. The highest BCUT2D eigenvalue weighted by Crippen LogP contribution is 2.29. The van der Waals surface area contributed by atoms with Gasteiger partial charge in [-0.2, -0.15) is 0 Å². The number of para-hydroxylation sites is 1. The number of unbranched alkanes of at least 4 members (excludes halogenated alkanes) is 1. The molecule has 200 valence electrons. The standard InChI is InChI=1S/C29H40N4O4/c1-2-3-8-26-28(24-7-4-5-9-25(24)37-26)29(35)32-14-10-23(11-15-32)36-17-6-13-31-18-22(21-34)19-33-16-12-30-27(33)20-31/h4-5,7,9,12,16,22-23,34H,2-3,6,8,10-11,13-15,17-21H2,1H3. The highest BCUT2D eigenvalue weighted by Gasteiger charge is 2.29. The van der Waals surface area contributed by atoms with Crippen molar-refractivity contribution in [1.29, 1.82) is 0 Å². The molecule has 0 saturated carbocycles. The van der Waals surface area contributed by atoms with Crippen LogP contribution in [-0.2, 0) is 24.2 Å². The SMILES string of the molecule is CCCCc1oc2ccccc2c1C(=O)N1CCC(OCCCN2Cc3nccn3CC(CO)C2)CC1. The van der Waals surface area contributed by atoms with Crippen LogP contribution in [0.15, 0.2) is 41.1 Å². The topological polar surface area (TPSA) is 84.0 Å². The molecule has 1 saturated heterocycles. The summed E-state index contributed by atoms with van der Waals surface area (Å²) in [6.07, 6.45) is 9.58. The molecule has 2 aromatic heterocycles. The number of aliphatic hydroxyl groups excluding tert-OH is 1. The molecular weight excluding hydrogens is 468 g/mol. The number of imidazole rings is 1. The summed E-state index contributed by atoms with van der Waals surface area (Å²) in [6.45, 7) is 7.92. The van der Waals surface area contributed by atoms with Crippen molar-refractivity contribution < 1.29 is 19.1 Å². The molecular formula is C29H40N4O4. The van der Waals surface area contributed by atoms with Crippen LogP contribution in [0.5, 0.6) is 0 Å². The summed E-state index contributed by atoms with van der Waals surface area (Å²) in [7, 11) is 0. The number of aromatic nitrogens is 2. The van der Waals surface area contributed by atoms with E-state index >= 15 is 0 Å². The van der Waals surface area contributed by atoms with E-state index in [0.29, 0.717) is 19.7 Å². The molecule has 37 heavy (non-hydrogen) atoms.